The van der Waals surface area contributed by atoms with Gasteiger partial charge >= 0.3 is 0 Å². The van der Waals surface area contributed by atoms with Gasteiger partial charge in [0, 0.05) is 35.3 Å². The number of carbonyl (C=O) groups excluding carboxylic acids is 1. The largest absolute Gasteiger partial charge is 0.381 e. The standard InChI is InChI=1S/C15H21BrN2O2/c1-15(2)12(7-13(15)20-3)17-14(19)11-6-9(16)8-18(11)10-4-5-10/h6,8,10,12-13H,4-5,7H2,1-3H3,(H,17,19). The van der Waals surface area contributed by atoms with Gasteiger partial charge in [-0.25, -0.2) is 0 Å². The van der Waals surface area contributed by atoms with Crippen LogP contribution < -0.4 is 5.32 Å². The zero-order valence-electron chi connectivity index (χ0n) is 12.1. The summed E-state index contributed by atoms with van der Waals surface area (Å²) in [4.78, 5) is 12.5. The number of halogens is 1. The van der Waals surface area contributed by atoms with E-state index < -0.39 is 0 Å². The van der Waals surface area contributed by atoms with E-state index in [9.17, 15) is 4.79 Å². The van der Waals surface area contributed by atoms with Crippen LogP contribution in [0.25, 0.3) is 0 Å². The summed E-state index contributed by atoms with van der Waals surface area (Å²) in [6, 6.07) is 2.59. The molecule has 2 saturated carbocycles. The van der Waals surface area contributed by atoms with Crippen LogP contribution in [0.1, 0.15) is 49.6 Å². The van der Waals surface area contributed by atoms with E-state index in [4.69, 9.17) is 4.74 Å². The molecule has 2 atom stereocenters. The average Bonchev–Trinajstić information content (AvgIpc) is 3.16. The van der Waals surface area contributed by atoms with Crippen molar-refractivity contribution in [1.82, 2.24) is 9.88 Å². The molecule has 2 fully saturated rings. The van der Waals surface area contributed by atoms with Crippen molar-refractivity contribution in [3.8, 4) is 0 Å². The van der Waals surface area contributed by atoms with Gasteiger partial charge in [0.2, 0.25) is 0 Å². The van der Waals surface area contributed by atoms with Crippen LogP contribution >= 0.6 is 15.9 Å². The van der Waals surface area contributed by atoms with Crippen molar-refractivity contribution >= 4 is 21.8 Å². The number of carbonyl (C=O) groups is 1. The Labute approximate surface area is 128 Å². The summed E-state index contributed by atoms with van der Waals surface area (Å²) in [5.74, 6) is 0.0234. The zero-order chi connectivity index (χ0) is 14.5. The van der Waals surface area contributed by atoms with Crippen LogP contribution in [0.4, 0.5) is 0 Å². The Hall–Kier alpha value is -0.810. The number of hydrogen-bond donors (Lipinski definition) is 1. The smallest absolute Gasteiger partial charge is 0.268 e. The maximum absolute atomic E-state index is 12.5. The molecular formula is C15H21BrN2O2. The Morgan fingerprint density at radius 2 is 2.20 bits per heavy atom. The molecule has 1 N–H and O–H groups in total. The molecule has 0 spiro atoms. The minimum Gasteiger partial charge on any atom is -0.381 e. The summed E-state index contributed by atoms with van der Waals surface area (Å²) in [6.45, 7) is 4.29. The van der Waals surface area contributed by atoms with Crippen molar-refractivity contribution in [3.05, 3.63) is 22.4 Å². The fourth-order valence-electron chi connectivity index (χ4n) is 3.04. The number of hydrogen-bond acceptors (Lipinski definition) is 2. The summed E-state index contributed by atoms with van der Waals surface area (Å²) in [5, 5.41) is 3.16. The topological polar surface area (TPSA) is 43.3 Å². The van der Waals surface area contributed by atoms with Gasteiger partial charge in [-0.05, 0) is 41.3 Å². The Morgan fingerprint density at radius 3 is 2.75 bits per heavy atom. The van der Waals surface area contributed by atoms with Gasteiger partial charge in [-0.2, -0.15) is 0 Å². The third-order valence-corrected chi connectivity index (χ3v) is 5.19. The second-order valence-electron chi connectivity index (χ2n) is 6.49. The lowest BCUT2D eigenvalue weighted by molar-refractivity contribution is -0.0943. The number of aromatic nitrogens is 1. The molecule has 1 aromatic rings. The summed E-state index contributed by atoms with van der Waals surface area (Å²) in [7, 11) is 1.74. The lowest BCUT2D eigenvalue weighted by atomic mass is 9.64. The summed E-state index contributed by atoms with van der Waals surface area (Å²) >= 11 is 3.47. The molecule has 1 amide bonds. The van der Waals surface area contributed by atoms with E-state index >= 15 is 0 Å². The molecule has 20 heavy (non-hydrogen) atoms. The van der Waals surface area contributed by atoms with Crippen LogP contribution in [-0.2, 0) is 4.74 Å². The molecule has 2 aliphatic rings. The Kier molecular flexibility index (Phi) is 3.45. The monoisotopic (exact) mass is 340 g/mol. The van der Waals surface area contributed by atoms with Gasteiger partial charge in [0.15, 0.2) is 0 Å². The Bertz CT molecular complexity index is 534. The van der Waals surface area contributed by atoms with E-state index in [2.05, 4.69) is 39.7 Å². The number of rotatable bonds is 4. The van der Waals surface area contributed by atoms with Crippen LogP contribution in [0.3, 0.4) is 0 Å². The Balaban J connectivity index is 1.71. The van der Waals surface area contributed by atoms with Crippen molar-refractivity contribution < 1.29 is 9.53 Å². The van der Waals surface area contributed by atoms with Crippen LogP contribution in [0, 0.1) is 5.41 Å². The molecule has 0 radical (unpaired) electrons. The molecule has 110 valence electrons. The van der Waals surface area contributed by atoms with Gasteiger partial charge in [0.25, 0.3) is 5.91 Å². The van der Waals surface area contributed by atoms with Crippen LogP contribution in [0.5, 0.6) is 0 Å². The van der Waals surface area contributed by atoms with Gasteiger partial charge in [-0.15, -0.1) is 0 Å². The first-order chi connectivity index (χ1) is 9.43. The van der Waals surface area contributed by atoms with Crippen LogP contribution in [0.15, 0.2) is 16.7 Å². The SMILES string of the molecule is COC1CC(NC(=O)c2cc(Br)cn2C2CC2)C1(C)C. The first-order valence-corrected chi connectivity index (χ1v) is 7.94. The molecule has 2 unspecified atom stereocenters. The van der Waals surface area contributed by atoms with Crippen molar-refractivity contribution in [3.63, 3.8) is 0 Å². The number of methoxy groups -OCH3 is 1. The highest BCUT2D eigenvalue weighted by Crippen LogP contribution is 2.43. The highest BCUT2D eigenvalue weighted by molar-refractivity contribution is 9.10. The Morgan fingerprint density at radius 1 is 1.50 bits per heavy atom. The van der Waals surface area contributed by atoms with Crippen LogP contribution in [0.2, 0.25) is 0 Å². The fraction of sp³-hybridized carbons (Fsp3) is 0.667. The predicted molar refractivity (Wildman–Crippen MR) is 80.9 cm³/mol. The quantitative estimate of drug-likeness (QED) is 0.914. The zero-order valence-corrected chi connectivity index (χ0v) is 13.7. The van der Waals surface area contributed by atoms with Crippen molar-refractivity contribution in [2.24, 2.45) is 5.41 Å². The summed E-state index contributed by atoms with van der Waals surface area (Å²) in [5.41, 5.74) is 0.759. The molecule has 0 aromatic carbocycles. The van der Waals surface area contributed by atoms with E-state index in [-0.39, 0.29) is 23.5 Å². The molecule has 3 rings (SSSR count). The normalized spacial score (nSPS) is 28.0. The van der Waals surface area contributed by atoms with Gasteiger partial charge < -0.3 is 14.6 Å². The minimum atomic E-state index is -0.00134. The lowest BCUT2D eigenvalue weighted by Crippen LogP contribution is -2.61. The van der Waals surface area contributed by atoms with Gasteiger partial charge in [0.1, 0.15) is 5.69 Å². The predicted octanol–water partition coefficient (Wildman–Crippen LogP) is 3.13. The molecule has 2 aliphatic carbocycles. The van der Waals surface area contributed by atoms with Crippen molar-refractivity contribution in [2.45, 2.75) is 51.3 Å². The van der Waals surface area contributed by atoms with E-state index in [1.54, 1.807) is 7.11 Å². The summed E-state index contributed by atoms with van der Waals surface area (Å²) < 4.78 is 8.50. The van der Waals surface area contributed by atoms with Gasteiger partial charge in [-0.1, -0.05) is 13.8 Å². The van der Waals surface area contributed by atoms with E-state index in [0.717, 1.165) is 16.6 Å². The molecule has 1 aromatic heterocycles. The second-order valence-corrected chi connectivity index (χ2v) is 7.41. The molecule has 0 bridgehead atoms. The molecule has 1 heterocycles. The minimum absolute atomic E-state index is 0.00134. The maximum atomic E-state index is 12.5. The van der Waals surface area contributed by atoms with Gasteiger partial charge in [0.05, 0.1) is 6.10 Å². The number of nitrogens with zero attached hydrogens (tertiary/aromatic N) is 1. The van der Waals surface area contributed by atoms with E-state index in [0.29, 0.717) is 6.04 Å². The first kappa shape index (κ1) is 14.1. The first-order valence-electron chi connectivity index (χ1n) is 7.14. The van der Waals surface area contributed by atoms with Crippen molar-refractivity contribution in [2.75, 3.05) is 7.11 Å². The fourth-order valence-corrected chi connectivity index (χ4v) is 3.48. The second kappa shape index (κ2) is 4.88. The third-order valence-electron chi connectivity index (χ3n) is 4.76. The average molecular weight is 341 g/mol. The highest BCUT2D eigenvalue weighted by Gasteiger charge is 2.49. The van der Waals surface area contributed by atoms with E-state index in [1.807, 2.05) is 12.3 Å². The lowest BCUT2D eigenvalue weighted by Gasteiger charge is -2.51. The molecule has 5 heteroatoms. The van der Waals surface area contributed by atoms with Crippen LogP contribution in [-0.4, -0.2) is 29.7 Å². The number of ether oxygens (including phenoxy) is 1. The molecule has 0 saturated heterocycles. The van der Waals surface area contributed by atoms with Crippen molar-refractivity contribution in [1.29, 1.82) is 0 Å². The number of nitrogens with one attached hydrogen (secondary N) is 1. The maximum Gasteiger partial charge on any atom is 0.268 e. The number of amides is 1. The summed E-state index contributed by atoms with van der Waals surface area (Å²) in [6.07, 6.45) is 5.47. The highest BCUT2D eigenvalue weighted by atomic mass is 79.9. The molecule has 0 aliphatic heterocycles. The van der Waals surface area contributed by atoms with E-state index in [1.165, 1.54) is 12.8 Å². The third kappa shape index (κ3) is 2.31. The molecule has 4 nitrogen and oxygen atoms in total. The van der Waals surface area contributed by atoms with Gasteiger partial charge in [-0.3, -0.25) is 4.79 Å². The molecular weight excluding hydrogens is 320 g/mol.